The first-order valence-electron chi connectivity index (χ1n) is 10.4. The van der Waals surface area contributed by atoms with Crippen molar-refractivity contribution in [1.82, 2.24) is 5.16 Å². The third kappa shape index (κ3) is 3.65. The number of nitrogens with zero attached hydrogens (tertiary/aromatic N) is 4. The predicted molar refractivity (Wildman–Crippen MR) is 127 cm³/mol. The highest BCUT2D eigenvalue weighted by Crippen LogP contribution is 2.47. The zero-order valence-electron chi connectivity index (χ0n) is 18.2. The molecule has 34 heavy (non-hydrogen) atoms. The minimum atomic E-state index is -4.42. The monoisotopic (exact) mass is 486 g/mol. The van der Waals surface area contributed by atoms with Gasteiger partial charge in [-0.15, -0.1) is 0 Å². The van der Waals surface area contributed by atoms with Crippen LogP contribution in [0.2, 0.25) is 0 Å². The number of benzene rings is 2. The van der Waals surface area contributed by atoms with E-state index in [4.69, 9.17) is 16.0 Å². The number of thioether (sulfide) groups is 1. The van der Waals surface area contributed by atoms with Crippen LogP contribution in [0.4, 0.5) is 24.5 Å². The summed E-state index contributed by atoms with van der Waals surface area (Å²) in [6, 6.07) is 14.4. The van der Waals surface area contributed by atoms with E-state index in [1.165, 1.54) is 23.9 Å². The average Bonchev–Trinajstić information content (AvgIpc) is 3.32. The maximum Gasteiger partial charge on any atom is 0.416 e. The van der Waals surface area contributed by atoms with E-state index in [1.807, 2.05) is 35.2 Å². The van der Waals surface area contributed by atoms with Crippen molar-refractivity contribution in [3.05, 3.63) is 76.6 Å². The van der Waals surface area contributed by atoms with Crippen molar-refractivity contribution in [1.29, 1.82) is 0 Å². The molecule has 7 nitrogen and oxygen atoms in total. The van der Waals surface area contributed by atoms with Crippen LogP contribution in [0, 0.1) is 6.92 Å². The van der Waals surface area contributed by atoms with Gasteiger partial charge in [0.05, 0.1) is 11.3 Å². The Morgan fingerprint density at radius 2 is 1.65 bits per heavy atom. The topological polar surface area (TPSA) is 96.9 Å². The number of halogens is 3. The molecule has 2 aromatic carbocycles. The number of anilines is 2. The molecule has 0 spiro atoms. The van der Waals surface area contributed by atoms with Crippen molar-refractivity contribution < 1.29 is 17.7 Å². The van der Waals surface area contributed by atoms with Gasteiger partial charge < -0.3 is 25.8 Å². The molecular weight excluding hydrogens is 465 g/mol. The molecule has 3 aromatic rings. The van der Waals surface area contributed by atoms with Crippen LogP contribution < -0.4 is 21.3 Å². The van der Waals surface area contributed by atoms with E-state index in [2.05, 4.69) is 10.1 Å². The van der Waals surface area contributed by atoms with Crippen LogP contribution in [-0.4, -0.2) is 22.7 Å². The highest BCUT2D eigenvalue weighted by Gasteiger charge is 2.43. The van der Waals surface area contributed by atoms with Gasteiger partial charge in [0, 0.05) is 11.3 Å². The summed E-state index contributed by atoms with van der Waals surface area (Å²) in [5, 5.41) is 4.90. The Hall–Kier alpha value is -3.28. The highest BCUT2D eigenvalue weighted by atomic mass is 32.2. The molecule has 0 radical (unpaired) electrons. The summed E-state index contributed by atoms with van der Waals surface area (Å²) in [6.45, 7) is 3.55. The van der Waals surface area contributed by atoms with Crippen molar-refractivity contribution in [2.75, 3.05) is 9.80 Å². The third-order valence-corrected chi connectivity index (χ3v) is 6.70. The lowest BCUT2D eigenvalue weighted by Gasteiger charge is -2.38. The quantitative estimate of drug-likeness (QED) is 0.546. The van der Waals surface area contributed by atoms with E-state index >= 15 is 0 Å². The Labute approximate surface area is 197 Å². The molecule has 2 aliphatic rings. The first kappa shape index (κ1) is 22.5. The zero-order chi connectivity index (χ0) is 24.2. The Morgan fingerprint density at radius 1 is 0.971 bits per heavy atom. The number of aryl methyl sites for hydroxylation is 1. The summed E-state index contributed by atoms with van der Waals surface area (Å²) in [5.41, 5.74) is 15.2. The molecule has 0 aliphatic carbocycles. The second-order valence-corrected chi connectivity index (χ2v) is 8.99. The summed E-state index contributed by atoms with van der Waals surface area (Å²) in [6.07, 6.45) is -5.17. The fourth-order valence-corrected chi connectivity index (χ4v) is 5.27. The molecule has 4 N–H and O–H groups in total. The van der Waals surface area contributed by atoms with E-state index in [1.54, 1.807) is 18.7 Å². The van der Waals surface area contributed by atoms with Gasteiger partial charge in [-0.05, 0) is 38.1 Å². The molecule has 176 valence electrons. The summed E-state index contributed by atoms with van der Waals surface area (Å²) in [5.74, 6) is 1.11. The lowest BCUT2D eigenvalue weighted by atomic mass is 10.1. The van der Waals surface area contributed by atoms with Crippen molar-refractivity contribution in [3.8, 4) is 11.3 Å². The smallest absolute Gasteiger partial charge is 0.359 e. The van der Waals surface area contributed by atoms with E-state index in [-0.39, 0.29) is 0 Å². The number of rotatable bonds is 3. The van der Waals surface area contributed by atoms with Crippen LogP contribution >= 0.6 is 11.8 Å². The first-order chi connectivity index (χ1) is 16.2. The summed E-state index contributed by atoms with van der Waals surface area (Å²) >= 11 is 1.35. The van der Waals surface area contributed by atoms with E-state index in [9.17, 15) is 13.2 Å². The molecule has 5 rings (SSSR count). The summed E-state index contributed by atoms with van der Waals surface area (Å²) in [4.78, 5) is 8.22. The molecule has 0 amide bonds. The SMILES string of the molecule is CC1=NC2=C(C(N)N1c1ccc(C(F)(F)F)cc1)N(c1c(-c3ccccc3)noc1C)C(N)S2. The largest absolute Gasteiger partial charge is 0.416 e. The summed E-state index contributed by atoms with van der Waals surface area (Å²) in [7, 11) is 0. The van der Waals surface area contributed by atoms with Crippen LogP contribution in [0.3, 0.4) is 0 Å². The Bertz CT molecular complexity index is 1290. The van der Waals surface area contributed by atoms with Crippen molar-refractivity contribution >= 4 is 29.0 Å². The minimum absolute atomic E-state index is 0.490. The molecule has 0 saturated carbocycles. The normalized spacial score (nSPS) is 20.6. The van der Waals surface area contributed by atoms with Gasteiger partial charge >= 0.3 is 6.18 Å². The Balaban J connectivity index is 1.57. The molecule has 2 aliphatic heterocycles. The molecule has 2 unspecified atom stereocenters. The second kappa shape index (κ2) is 8.19. The van der Waals surface area contributed by atoms with Crippen molar-refractivity contribution in [2.24, 2.45) is 16.5 Å². The van der Waals surface area contributed by atoms with E-state index in [0.29, 0.717) is 39.4 Å². The maximum atomic E-state index is 13.1. The maximum absolute atomic E-state index is 13.1. The number of aromatic nitrogens is 1. The fraction of sp³-hybridized carbons (Fsp3) is 0.217. The van der Waals surface area contributed by atoms with Gasteiger partial charge in [-0.1, -0.05) is 47.3 Å². The number of amidine groups is 1. The van der Waals surface area contributed by atoms with Crippen LogP contribution in [0.25, 0.3) is 11.3 Å². The molecule has 0 saturated heterocycles. The molecule has 1 aromatic heterocycles. The zero-order valence-corrected chi connectivity index (χ0v) is 19.1. The highest BCUT2D eigenvalue weighted by molar-refractivity contribution is 8.04. The van der Waals surface area contributed by atoms with Gasteiger partial charge in [0.1, 0.15) is 33.9 Å². The van der Waals surface area contributed by atoms with Gasteiger partial charge in [0.15, 0.2) is 5.76 Å². The lowest BCUT2D eigenvalue weighted by Crippen LogP contribution is -2.53. The molecule has 0 bridgehead atoms. The van der Waals surface area contributed by atoms with Gasteiger partial charge in [-0.25, -0.2) is 4.99 Å². The van der Waals surface area contributed by atoms with Crippen LogP contribution in [0.1, 0.15) is 18.2 Å². The number of aliphatic imine (C=N–C) groups is 1. The average molecular weight is 487 g/mol. The van der Waals surface area contributed by atoms with Crippen molar-refractivity contribution in [3.63, 3.8) is 0 Å². The molecule has 11 heteroatoms. The fourth-order valence-electron chi connectivity index (χ4n) is 4.19. The Kier molecular flexibility index (Phi) is 5.42. The number of nitrogens with two attached hydrogens (primary N) is 2. The van der Waals surface area contributed by atoms with Gasteiger partial charge in [-0.2, -0.15) is 13.2 Å². The van der Waals surface area contributed by atoms with Gasteiger partial charge in [-0.3, -0.25) is 0 Å². The Morgan fingerprint density at radius 3 is 2.29 bits per heavy atom. The van der Waals surface area contributed by atoms with Crippen molar-refractivity contribution in [2.45, 2.75) is 31.7 Å². The summed E-state index contributed by atoms with van der Waals surface area (Å²) < 4.78 is 44.7. The van der Waals surface area contributed by atoms with Crippen LogP contribution in [0.5, 0.6) is 0 Å². The van der Waals surface area contributed by atoms with Crippen LogP contribution in [-0.2, 0) is 6.18 Å². The van der Waals surface area contributed by atoms with E-state index in [0.717, 1.165) is 17.7 Å². The van der Waals surface area contributed by atoms with Crippen LogP contribution in [0.15, 0.2) is 74.8 Å². The van der Waals surface area contributed by atoms with E-state index < -0.39 is 23.4 Å². The standard InChI is InChI=1S/C23H21F3N6OS/c1-12-18(17(30-33-12)14-6-4-3-5-7-14)32-19-20(27)31(13(2)29-21(19)34-22(32)28)16-10-8-15(9-11-16)23(24,25)26/h3-11,20,22H,27-28H2,1-2H3. The minimum Gasteiger partial charge on any atom is -0.359 e. The molecule has 0 fully saturated rings. The second-order valence-electron chi connectivity index (χ2n) is 7.89. The number of hydrogen-bond acceptors (Lipinski definition) is 8. The lowest BCUT2D eigenvalue weighted by molar-refractivity contribution is -0.137. The molecule has 3 heterocycles. The number of alkyl halides is 3. The van der Waals surface area contributed by atoms with Gasteiger partial charge in [0.25, 0.3) is 0 Å². The van der Waals surface area contributed by atoms with Gasteiger partial charge in [0.2, 0.25) is 0 Å². The predicted octanol–water partition coefficient (Wildman–Crippen LogP) is 4.86. The first-order valence-corrected chi connectivity index (χ1v) is 11.3. The number of hydrogen-bond donors (Lipinski definition) is 2. The molecule has 2 atom stereocenters. The molecular formula is C23H21F3N6OS. The third-order valence-electron chi connectivity index (χ3n) is 5.73.